The summed E-state index contributed by atoms with van der Waals surface area (Å²) in [4.78, 5) is 15.9. The molecule has 0 aromatic heterocycles. The molecule has 0 saturated heterocycles. The lowest BCUT2D eigenvalue weighted by molar-refractivity contribution is 0.0821. The Morgan fingerprint density at radius 3 is 1.61 bits per heavy atom. The second-order valence-corrected chi connectivity index (χ2v) is 3.84. The van der Waals surface area contributed by atoms with Crippen LogP contribution in [0.3, 0.4) is 0 Å². The fraction of sp³-hybridized carbons (Fsp3) is 0.923. The van der Waals surface area contributed by atoms with Gasteiger partial charge in [-0.3, -0.25) is 0 Å². The number of nitrogens with zero attached hydrogens (tertiary/aromatic N) is 2. The highest BCUT2D eigenvalue weighted by Gasteiger charge is 2.17. The molecule has 0 bridgehead atoms. The molecular formula is C13H28N2O3. The molecule has 0 spiro atoms. The molecule has 0 N–H and O–H groups in total. The first kappa shape index (κ1) is 17.2. The number of carbonyl (C=O) groups excluding carboxylic acids is 1. The SMILES string of the molecule is CCOCCN(CCOCC)C(=O)N(CC)CC. The molecule has 0 aromatic rings. The Bertz CT molecular complexity index is 198. The van der Waals surface area contributed by atoms with E-state index in [2.05, 4.69) is 0 Å². The Kier molecular flexibility index (Phi) is 10.8. The van der Waals surface area contributed by atoms with Gasteiger partial charge in [-0.15, -0.1) is 0 Å². The van der Waals surface area contributed by atoms with Crippen molar-refractivity contribution >= 4 is 6.03 Å². The monoisotopic (exact) mass is 260 g/mol. The van der Waals surface area contributed by atoms with Gasteiger partial charge in [0.05, 0.1) is 13.2 Å². The van der Waals surface area contributed by atoms with Crippen molar-refractivity contribution in [1.29, 1.82) is 0 Å². The van der Waals surface area contributed by atoms with E-state index in [-0.39, 0.29) is 6.03 Å². The lowest BCUT2D eigenvalue weighted by Crippen LogP contribution is -2.45. The number of urea groups is 1. The summed E-state index contributed by atoms with van der Waals surface area (Å²) < 4.78 is 10.6. The van der Waals surface area contributed by atoms with E-state index >= 15 is 0 Å². The zero-order valence-corrected chi connectivity index (χ0v) is 12.3. The summed E-state index contributed by atoms with van der Waals surface area (Å²) in [7, 11) is 0. The Morgan fingerprint density at radius 1 is 0.833 bits per heavy atom. The molecule has 0 saturated carbocycles. The predicted octanol–water partition coefficient (Wildman–Crippen LogP) is 1.82. The van der Waals surface area contributed by atoms with E-state index in [1.165, 1.54) is 0 Å². The Balaban J connectivity index is 4.27. The van der Waals surface area contributed by atoms with E-state index in [1.807, 2.05) is 32.6 Å². The third kappa shape index (κ3) is 6.81. The standard InChI is InChI=1S/C13H28N2O3/c1-5-14(6-2)13(16)15(9-11-17-7-3)10-12-18-8-4/h5-12H2,1-4H3. The van der Waals surface area contributed by atoms with E-state index in [0.717, 1.165) is 13.1 Å². The van der Waals surface area contributed by atoms with Gasteiger partial charge >= 0.3 is 6.03 Å². The summed E-state index contributed by atoms with van der Waals surface area (Å²) in [6, 6.07) is 0.0689. The molecule has 0 atom stereocenters. The van der Waals surface area contributed by atoms with Crippen LogP contribution < -0.4 is 0 Å². The highest BCUT2D eigenvalue weighted by Crippen LogP contribution is 2.00. The van der Waals surface area contributed by atoms with E-state index < -0.39 is 0 Å². The second-order valence-electron chi connectivity index (χ2n) is 3.84. The fourth-order valence-corrected chi connectivity index (χ4v) is 1.64. The lowest BCUT2D eigenvalue weighted by Gasteiger charge is -2.29. The molecule has 0 aromatic carbocycles. The van der Waals surface area contributed by atoms with Crippen LogP contribution in [-0.4, -0.2) is 68.4 Å². The number of ether oxygens (including phenoxy) is 2. The van der Waals surface area contributed by atoms with Crippen LogP contribution in [0.15, 0.2) is 0 Å². The number of rotatable bonds is 10. The molecule has 0 unspecified atom stereocenters. The van der Waals surface area contributed by atoms with Crippen LogP contribution in [0.5, 0.6) is 0 Å². The Hall–Kier alpha value is -0.810. The molecule has 2 amide bonds. The van der Waals surface area contributed by atoms with Gasteiger partial charge in [0.1, 0.15) is 0 Å². The zero-order valence-electron chi connectivity index (χ0n) is 12.3. The Labute approximate surface area is 111 Å². The van der Waals surface area contributed by atoms with Crippen molar-refractivity contribution < 1.29 is 14.3 Å². The topological polar surface area (TPSA) is 42.0 Å². The van der Waals surface area contributed by atoms with Crippen LogP contribution in [-0.2, 0) is 9.47 Å². The number of amides is 2. The fourth-order valence-electron chi connectivity index (χ4n) is 1.64. The zero-order chi connectivity index (χ0) is 13.8. The molecular weight excluding hydrogens is 232 g/mol. The third-order valence-electron chi connectivity index (χ3n) is 2.72. The van der Waals surface area contributed by atoms with Gasteiger partial charge in [0.25, 0.3) is 0 Å². The summed E-state index contributed by atoms with van der Waals surface area (Å²) in [6.07, 6.45) is 0. The van der Waals surface area contributed by atoms with Crippen molar-refractivity contribution in [2.24, 2.45) is 0 Å². The maximum Gasteiger partial charge on any atom is 0.320 e. The number of hydrogen-bond acceptors (Lipinski definition) is 3. The van der Waals surface area contributed by atoms with Gasteiger partial charge in [0.15, 0.2) is 0 Å². The van der Waals surface area contributed by atoms with Crippen molar-refractivity contribution in [2.75, 3.05) is 52.6 Å². The first-order valence-corrected chi connectivity index (χ1v) is 6.90. The Morgan fingerprint density at radius 2 is 1.28 bits per heavy atom. The molecule has 0 heterocycles. The average molecular weight is 260 g/mol. The van der Waals surface area contributed by atoms with E-state index in [1.54, 1.807) is 4.90 Å². The lowest BCUT2D eigenvalue weighted by atomic mass is 10.4. The summed E-state index contributed by atoms with van der Waals surface area (Å²) in [5.41, 5.74) is 0. The maximum absolute atomic E-state index is 12.2. The number of carbonyl (C=O) groups is 1. The van der Waals surface area contributed by atoms with Crippen molar-refractivity contribution in [3.63, 3.8) is 0 Å². The molecule has 0 radical (unpaired) electrons. The van der Waals surface area contributed by atoms with Gasteiger partial charge in [-0.25, -0.2) is 4.79 Å². The third-order valence-corrected chi connectivity index (χ3v) is 2.72. The predicted molar refractivity (Wildman–Crippen MR) is 72.9 cm³/mol. The van der Waals surface area contributed by atoms with Gasteiger partial charge in [0.2, 0.25) is 0 Å². The molecule has 0 aliphatic rings. The molecule has 0 aliphatic carbocycles. The minimum atomic E-state index is 0.0689. The van der Waals surface area contributed by atoms with Crippen LogP contribution in [0.4, 0.5) is 4.79 Å². The summed E-state index contributed by atoms with van der Waals surface area (Å²) in [5, 5.41) is 0. The molecule has 0 fully saturated rings. The van der Waals surface area contributed by atoms with Crippen LogP contribution in [0, 0.1) is 0 Å². The molecule has 0 rings (SSSR count). The molecule has 5 heteroatoms. The van der Waals surface area contributed by atoms with Gasteiger partial charge in [-0.05, 0) is 27.7 Å². The van der Waals surface area contributed by atoms with E-state index in [4.69, 9.17) is 9.47 Å². The van der Waals surface area contributed by atoms with Crippen LogP contribution in [0.2, 0.25) is 0 Å². The van der Waals surface area contributed by atoms with Crippen molar-refractivity contribution in [3.05, 3.63) is 0 Å². The van der Waals surface area contributed by atoms with E-state index in [0.29, 0.717) is 39.5 Å². The highest BCUT2D eigenvalue weighted by molar-refractivity contribution is 5.74. The van der Waals surface area contributed by atoms with Crippen molar-refractivity contribution in [2.45, 2.75) is 27.7 Å². The van der Waals surface area contributed by atoms with Crippen LogP contribution in [0.1, 0.15) is 27.7 Å². The average Bonchev–Trinajstić information content (AvgIpc) is 2.38. The molecule has 0 aliphatic heterocycles. The maximum atomic E-state index is 12.2. The first-order chi connectivity index (χ1) is 8.71. The van der Waals surface area contributed by atoms with Gasteiger partial charge in [-0.2, -0.15) is 0 Å². The van der Waals surface area contributed by atoms with Gasteiger partial charge < -0.3 is 19.3 Å². The minimum absolute atomic E-state index is 0.0689. The first-order valence-electron chi connectivity index (χ1n) is 6.90. The van der Waals surface area contributed by atoms with Crippen molar-refractivity contribution in [1.82, 2.24) is 9.80 Å². The summed E-state index contributed by atoms with van der Waals surface area (Å²) in [5.74, 6) is 0. The van der Waals surface area contributed by atoms with Crippen LogP contribution in [0.25, 0.3) is 0 Å². The second kappa shape index (κ2) is 11.3. The summed E-state index contributed by atoms with van der Waals surface area (Å²) >= 11 is 0. The largest absolute Gasteiger partial charge is 0.380 e. The molecule has 108 valence electrons. The molecule has 18 heavy (non-hydrogen) atoms. The highest BCUT2D eigenvalue weighted by atomic mass is 16.5. The quantitative estimate of drug-likeness (QED) is 0.563. The number of hydrogen-bond donors (Lipinski definition) is 0. The minimum Gasteiger partial charge on any atom is -0.380 e. The van der Waals surface area contributed by atoms with Crippen molar-refractivity contribution in [3.8, 4) is 0 Å². The normalized spacial score (nSPS) is 10.4. The smallest absolute Gasteiger partial charge is 0.320 e. The molecule has 5 nitrogen and oxygen atoms in total. The summed E-state index contributed by atoms with van der Waals surface area (Å²) in [6.45, 7) is 13.1. The van der Waals surface area contributed by atoms with Gasteiger partial charge in [0, 0.05) is 39.4 Å². The van der Waals surface area contributed by atoms with Crippen LogP contribution >= 0.6 is 0 Å². The van der Waals surface area contributed by atoms with E-state index in [9.17, 15) is 4.79 Å². The van der Waals surface area contributed by atoms with Gasteiger partial charge in [-0.1, -0.05) is 0 Å².